The third-order valence-electron chi connectivity index (χ3n) is 3.44. The number of halogens is 2. The largest absolute Gasteiger partial charge is 0.310 e. The molecule has 0 amide bonds. The molecule has 0 saturated carbocycles. The average molecular weight is 316 g/mol. The van der Waals surface area contributed by atoms with Crippen molar-refractivity contribution < 1.29 is 4.39 Å². The summed E-state index contributed by atoms with van der Waals surface area (Å²) in [5.41, 5.74) is 1.05. The normalized spacial score (nSPS) is 13.0. The van der Waals surface area contributed by atoms with Crippen LogP contribution >= 0.6 is 15.9 Å². The quantitative estimate of drug-likeness (QED) is 0.741. The molecule has 0 fully saturated rings. The van der Waals surface area contributed by atoms with E-state index in [4.69, 9.17) is 0 Å². The Hall–Kier alpha value is -0.410. The molecule has 1 aromatic rings. The van der Waals surface area contributed by atoms with Crippen molar-refractivity contribution in [1.82, 2.24) is 5.32 Å². The van der Waals surface area contributed by atoms with Gasteiger partial charge in [0, 0.05) is 6.04 Å². The van der Waals surface area contributed by atoms with Gasteiger partial charge in [0.05, 0.1) is 4.47 Å². The maximum atomic E-state index is 13.7. The minimum Gasteiger partial charge on any atom is -0.310 e. The average Bonchev–Trinajstić information content (AvgIpc) is 2.38. The van der Waals surface area contributed by atoms with Gasteiger partial charge in [0.15, 0.2) is 0 Å². The van der Waals surface area contributed by atoms with Crippen LogP contribution in [0.5, 0.6) is 0 Å². The molecule has 1 unspecified atom stereocenters. The first-order valence-corrected chi connectivity index (χ1v) is 7.61. The van der Waals surface area contributed by atoms with E-state index >= 15 is 0 Å². The lowest BCUT2D eigenvalue weighted by Gasteiger charge is -2.27. The Balaban J connectivity index is 2.96. The summed E-state index contributed by atoms with van der Waals surface area (Å²) < 4.78 is 14.2. The summed E-state index contributed by atoms with van der Waals surface area (Å²) in [4.78, 5) is 0. The lowest BCUT2D eigenvalue weighted by atomic mass is 9.88. The highest BCUT2D eigenvalue weighted by Gasteiger charge is 2.20. The molecule has 0 aliphatic rings. The minimum absolute atomic E-state index is 0.179. The van der Waals surface area contributed by atoms with Crippen molar-refractivity contribution in [2.45, 2.75) is 46.1 Å². The number of hydrogen-bond acceptors (Lipinski definition) is 1. The number of hydrogen-bond donors (Lipinski definition) is 1. The summed E-state index contributed by atoms with van der Waals surface area (Å²) in [5.74, 6) is 0.374. The van der Waals surface area contributed by atoms with Gasteiger partial charge in [0.25, 0.3) is 0 Å². The summed E-state index contributed by atoms with van der Waals surface area (Å²) in [5, 5.41) is 3.55. The molecular weight excluding hydrogens is 293 g/mol. The topological polar surface area (TPSA) is 12.0 Å². The summed E-state index contributed by atoms with van der Waals surface area (Å²) >= 11 is 3.21. The summed E-state index contributed by atoms with van der Waals surface area (Å²) in [6, 6.07) is 5.71. The van der Waals surface area contributed by atoms with Crippen molar-refractivity contribution in [1.29, 1.82) is 0 Å². The molecule has 0 saturated heterocycles. The molecular formula is C15H23BrFN. The van der Waals surface area contributed by atoms with E-state index in [1.807, 2.05) is 6.07 Å². The van der Waals surface area contributed by atoms with Crippen LogP contribution in [-0.4, -0.2) is 6.54 Å². The highest BCUT2D eigenvalue weighted by molar-refractivity contribution is 9.10. The Labute approximate surface area is 118 Å². The Morgan fingerprint density at radius 2 is 1.89 bits per heavy atom. The molecule has 0 aromatic heterocycles. The van der Waals surface area contributed by atoms with Crippen LogP contribution in [0.2, 0.25) is 0 Å². The number of rotatable bonds is 7. The first-order valence-electron chi connectivity index (χ1n) is 6.82. The van der Waals surface area contributed by atoms with Gasteiger partial charge < -0.3 is 5.32 Å². The van der Waals surface area contributed by atoms with E-state index in [2.05, 4.69) is 42.0 Å². The molecule has 0 heterocycles. The summed E-state index contributed by atoms with van der Waals surface area (Å²) in [6.45, 7) is 7.52. The zero-order valence-corrected chi connectivity index (χ0v) is 13.1. The van der Waals surface area contributed by atoms with Crippen LogP contribution in [0.4, 0.5) is 4.39 Å². The van der Waals surface area contributed by atoms with E-state index in [1.165, 1.54) is 0 Å². The van der Waals surface area contributed by atoms with Crippen LogP contribution in [0.25, 0.3) is 0 Å². The lowest BCUT2D eigenvalue weighted by Crippen LogP contribution is -2.28. The van der Waals surface area contributed by atoms with Crippen molar-refractivity contribution >= 4 is 15.9 Å². The molecule has 3 heteroatoms. The monoisotopic (exact) mass is 315 g/mol. The molecule has 0 spiro atoms. The van der Waals surface area contributed by atoms with Crippen molar-refractivity contribution in [3.63, 3.8) is 0 Å². The maximum Gasteiger partial charge on any atom is 0.137 e. The first kappa shape index (κ1) is 15.6. The smallest absolute Gasteiger partial charge is 0.137 e. The third-order valence-corrected chi connectivity index (χ3v) is 4.08. The van der Waals surface area contributed by atoms with Gasteiger partial charge in [-0.2, -0.15) is 0 Å². The molecule has 1 atom stereocenters. The van der Waals surface area contributed by atoms with Crippen LogP contribution in [0.15, 0.2) is 22.7 Å². The SMILES string of the molecule is CCCNC(c1ccc(Br)c(F)c1)C(CC)CC. The van der Waals surface area contributed by atoms with Gasteiger partial charge >= 0.3 is 0 Å². The van der Waals surface area contributed by atoms with E-state index in [0.717, 1.165) is 31.4 Å². The van der Waals surface area contributed by atoms with E-state index in [-0.39, 0.29) is 11.9 Å². The van der Waals surface area contributed by atoms with Crippen LogP contribution in [-0.2, 0) is 0 Å². The minimum atomic E-state index is -0.179. The van der Waals surface area contributed by atoms with Gasteiger partial charge in [-0.05, 0) is 52.5 Å². The summed E-state index contributed by atoms with van der Waals surface area (Å²) in [6.07, 6.45) is 3.31. The maximum absolute atomic E-state index is 13.7. The van der Waals surface area contributed by atoms with Gasteiger partial charge in [-0.25, -0.2) is 4.39 Å². The van der Waals surface area contributed by atoms with Crippen molar-refractivity contribution in [2.24, 2.45) is 5.92 Å². The highest BCUT2D eigenvalue weighted by Crippen LogP contribution is 2.29. The van der Waals surface area contributed by atoms with E-state index in [9.17, 15) is 4.39 Å². The molecule has 1 N–H and O–H groups in total. The molecule has 1 aromatic carbocycles. The standard InChI is InChI=1S/C15H23BrFN/c1-4-9-18-15(11(5-2)6-3)12-7-8-13(16)14(17)10-12/h7-8,10-11,15,18H,4-6,9H2,1-3H3. The molecule has 0 aliphatic heterocycles. The fourth-order valence-electron chi connectivity index (χ4n) is 2.32. The predicted molar refractivity (Wildman–Crippen MR) is 79.2 cm³/mol. The number of benzene rings is 1. The molecule has 18 heavy (non-hydrogen) atoms. The van der Waals surface area contributed by atoms with Gasteiger partial charge in [-0.1, -0.05) is 39.7 Å². The second-order valence-corrected chi connectivity index (χ2v) is 5.54. The van der Waals surface area contributed by atoms with E-state index in [0.29, 0.717) is 10.4 Å². The molecule has 1 nitrogen and oxygen atoms in total. The molecule has 0 aliphatic carbocycles. The summed E-state index contributed by atoms with van der Waals surface area (Å²) in [7, 11) is 0. The number of nitrogens with one attached hydrogen (secondary N) is 1. The Bertz CT molecular complexity index is 364. The van der Waals surface area contributed by atoms with Gasteiger partial charge in [-0.15, -0.1) is 0 Å². The molecule has 0 radical (unpaired) electrons. The fourth-order valence-corrected chi connectivity index (χ4v) is 2.57. The van der Waals surface area contributed by atoms with Crippen molar-refractivity contribution in [2.75, 3.05) is 6.54 Å². The first-order chi connectivity index (χ1) is 8.63. The van der Waals surface area contributed by atoms with Crippen LogP contribution in [0.3, 0.4) is 0 Å². The second-order valence-electron chi connectivity index (χ2n) is 4.68. The lowest BCUT2D eigenvalue weighted by molar-refractivity contribution is 0.340. The predicted octanol–water partition coefficient (Wildman–Crippen LogP) is 5.07. The fraction of sp³-hybridized carbons (Fsp3) is 0.600. The van der Waals surface area contributed by atoms with Crippen molar-refractivity contribution in [3.05, 3.63) is 34.1 Å². The van der Waals surface area contributed by atoms with E-state index < -0.39 is 0 Å². The molecule has 0 bridgehead atoms. The molecule has 102 valence electrons. The van der Waals surface area contributed by atoms with Gasteiger partial charge in [-0.3, -0.25) is 0 Å². The van der Waals surface area contributed by atoms with Crippen molar-refractivity contribution in [3.8, 4) is 0 Å². The third kappa shape index (κ3) is 4.06. The van der Waals surface area contributed by atoms with E-state index in [1.54, 1.807) is 12.1 Å². The zero-order valence-electron chi connectivity index (χ0n) is 11.5. The second kappa shape index (κ2) is 7.90. The van der Waals surface area contributed by atoms with Gasteiger partial charge in [0.1, 0.15) is 5.82 Å². The van der Waals surface area contributed by atoms with Crippen LogP contribution in [0.1, 0.15) is 51.6 Å². The Kier molecular flexibility index (Phi) is 6.87. The van der Waals surface area contributed by atoms with Crippen LogP contribution in [0, 0.1) is 11.7 Å². The van der Waals surface area contributed by atoms with Gasteiger partial charge in [0.2, 0.25) is 0 Å². The Morgan fingerprint density at radius 1 is 1.22 bits per heavy atom. The Morgan fingerprint density at radius 3 is 2.39 bits per heavy atom. The van der Waals surface area contributed by atoms with Crippen LogP contribution < -0.4 is 5.32 Å². The molecule has 1 rings (SSSR count). The highest BCUT2D eigenvalue weighted by atomic mass is 79.9. The zero-order chi connectivity index (χ0) is 13.5.